The molecule has 0 aliphatic carbocycles. The smallest absolute Gasteiger partial charge is 0.233 e. The Hall–Kier alpha value is -5.50. The number of nitrogens with one attached hydrogen (secondary N) is 2. The maximum atomic E-state index is 13.8. The van der Waals surface area contributed by atoms with Crippen molar-refractivity contribution < 1.29 is 14.4 Å². The van der Waals surface area contributed by atoms with Gasteiger partial charge in [-0.1, -0.05) is 97.1 Å². The van der Waals surface area contributed by atoms with Gasteiger partial charge < -0.3 is 20.1 Å². The quantitative estimate of drug-likeness (QED) is 0.163. The second-order valence-electron chi connectivity index (χ2n) is 15.2. The first-order valence-electron chi connectivity index (χ1n) is 18.3. The summed E-state index contributed by atoms with van der Waals surface area (Å²) in [5.74, 6) is 0.680. The molecule has 8 heteroatoms. The number of hydrogen-bond acceptors (Lipinski definition) is 4. The largest absolute Gasteiger partial charge is 0.341 e. The number of amides is 3. The standard InChI is InChI=1S/C44H47N5O3/c1-43(2,34-12-7-5-8-13-34)41(51)48-27-25-33(29-48)40(50)46-36-23-21-31(22-24-36)30-17-19-32(20-18-30)37-28-45-39(47-37)38-16-11-26-49(38)42(52)44(3,4)35-14-9-6-10-15-35/h5-10,12-15,17-24,28,33,38H,11,16,25-27,29H2,1-4H3,(H,45,47)(H,46,50)/t33-,38+/m1/s1. The summed E-state index contributed by atoms with van der Waals surface area (Å²) in [6.45, 7) is 9.62. The summed E-state index contributed by atoms with van der Waals surface area (Å²) in [5, 5.41) is 3.06. The van der Waals surface area contributed by atoms with Gasteiger partial charge in [0, 0.05) is 25.3 Å². The highest BCUT2D eigenvalue weighted by molar-refractivity contribution is 5.94. The average Bonchev–Trinajstić information content (AvgIpc) is 3.97. The number of aromatic nitrogens is 2. The highest BCUT2D eigenvalue weighted by atomic mass is 16.2. The Labute approximate surface area is 306 Å². The van der Waals surface area contributed by atoms with Crippen LogP contribution in [0.2, 0.25) is 0 Å². The maximum Gasteiger partial charge on any atom is 0.233 e. The number of anilines is 1. The number of hydrogen-bond donors (Lipinski definition) is 2. The summed E-state index contributed by atoms with van der Waals surface area (Å²) in [6.07, 6.45) is 4.33. The topological polar surface area (TPSA) is 98.4 Å². The predicted molar refractivity (Wildman–Crippen MR) is 205 cm³/mol. The number of carbonyl (C=O) groups excluding carboxylic acids is 3. The van der Waals surface area contributed by atoms with Crippen LogP contribution in [0.15, 0.2) is 115 Å². The van der Waals surface area contributed by atoms with Gasteiger partial charge in [0.2, 0.25) is 17.7 Å². The Bertz CT molecular complexity index is 2040. The van der Waals surface area contributed by atoms with E-state index in [-0.39, 0.29) is 29.7 Å². The Morgan fingerprint density at radius 3 is 1.87 bits per heavy atom. The number of imidazole rings is 1. The van der Waals surface area contributed by atoms with Crippen molar-refractivity contribution in [3.8, 4) is 22.4 Å². The average molecular weight is 694 g/mol. The number of rotatable bonds is 9. The highest BCUT2D eigenvalue weighted by Gasteiger charge is 2.41. The van der Waals surface area contributed by atoms with Crippen LogP contribution in [-0.2, 0) is 25.2 Å². The Kier molecular flexibility index (Phi) is 9.58. The van der Waals surface area contributed by atoms with Gasteiger partial charge in [-0.05, 0) is 86.9 Å². The zero-order valence-corrected chi connectivity index (χ0v) is 30.4. The molecule has 2 aliphatic rings. The van der Waals surface area contributed by atoms with Gasteiger partial charge in [0.05, 0.1) is 34.7 Å². The first kappa shape index (κ1) is 34.9. The summed E-state index contributed by atoms with van der Waals surface area (Å²) in [7, 11) is 0. The van der Waals surface area contributed by atoms with Crippen molar-refractivity contribution in [3.05, 3.63) is 132 Å². The van der Waals surface area contributed by atoms with Gasteiger partial charge in [0.1, 0.15) is 5.82 Å². The molecule has 0 bridgehead atoms. The molecule has 1 aromatic heterocycles. The van der Waals surface area contributed by atoms with E-state index in [1.165, 1.54) is 0 Å². The van der Waals surface area contributed by atoms with E-state index in [1.54, 1.807) is 0 Å². The van der Waals surface area contributed by atoms with Crippen LogP contribution in [-0.4, -0.2) is 57.1 Å². The summed E-state index contributed by atoms with van der Waals surface area (Å²) >= 11 is 0. The minimum Gasteiger partial charge on any atom is -0.341 e. The molecule has 2 fully saturated rings. The summed E-state index contributed by atoms with van der Waals surface area (Å²) in [4.78, 5) is 52.5. The summed E-state index contributed by atoms with van der Waals surface area (Å²) < 4.78 is 0. The van der Waals surface area contributed by atoms with Crippen molar-refractivity contribution in [3.63, 3.8) is 0 Å². The maximum absolute atomic E-state index is 13.8. The number of likely N-dealkylation sites (tertiary alicyclic amines) is 2. The van der Waals surface area contributed by atoms with E-state index in [0.717, 1.165) is 64.4 Å². The van der Waals surface area contributed by atoms with Gasteiger partial charge in [-0.15, -0.1) is 0 Å². The lowest BCUT2D eigenvalue weighted by Gasteiger charge is -2.33. The molecule has 7 rings (SSSR count). The molecule has 0 saturated carbocycles. The van der Waals surface area contributed by atoms with E-state index in [9.17, 15) is 14.4 Å². The SMILES string of the molecule is CC(C)(C(=O)N1CC[C@@H](C(=O)Nc2ccc(-c3ccc(-c4cnc([C@@H]5CCCN5C(=O)C(C)(C)c5ccccc5)[nH]4)cc3)cc2)C1)c1ccccc1. The molecule has 4 aromatic carbocycles. The fraction of sp³-hybridized carbons (Fsp3) is 0.318. The fourth-order valence-electron chi connectivity index (χ4n) is 7.65. The van der Waals surface area contributed by atoms with E-state index in [1.807, 2.05) is 129 Å². The molecule has 5 aromatic rings. The van der Waals surface area contributed by atoms with E-state index in [2.05, 4.69) is 34.6 Å². The Morgan fingerprint density at radius 1 is 0.692 bits per heavy atom. The summed E-state index contributed by atoms with van der Waals surface area (Å²) in [6, 6.07) is 35.9. The zero-order chi connectivity index (χ0) is 36.5. The van der Waals surface area contributed by atoms with Crippen LogP contribution in [0.25, 0.3) is 22.4 Å². The number of H-pyrrole nitrogens is 1. The molecule has 52 heavy (non-hydrogen) atoms. The van der Waals surface area contributed by atoms with Gasteiger partial charge in [0.25, 0.3) is 0 Å². The molecular weight excluding hydrogens is 647 g/mol. The van der Waals surface area contributed by atoms with E-state index in [0.29, 0.717) is 19.5 Å². The van der Waals surface area contributed by atoms with E-state index >= 15 is 0 Å². The number of aromatic amines is 1. The van der Waals surface area contributed by atoms with Gasteiger partial charge in [-0.3, -0.25) is 14.4 Å². The fourth-order valence-corrected chi connectivity index (χ4v) is 7.65. The van der Waals surface area contributed by atoms with Crippen molar-refractivity contribution in [2.75, 3.05) is 25.0 Å². The molecule has 0 spiro atoms. The zero-order valence-electron chi connectivity index (χ0n) is 30.4. The third kappa shape index (κ3) is 6.90. The lowest BCUT2D eigenvalue weighted by atomic mass is 9.83. The Balaban J connectivity index is 0.954. The number of benzene rings is 4. The van der Waals surface area contributed by atoms with Crippen LogP contribution in [0.4, 0.5) is 5.69 Å². The molecule has 2 atom stereocenters. The molecule has 266 valence electrons. The van der Waals surface area contributed by atoms with Gasteiger partial charge in [-0.25, -0.2) is 4.98 Å². The minimum atomic E-state index is -0.651. The van der Waals surface area contributed by atoms with Crippen molar-refractivity contribution in [1.82, 2.24) is 19.8 Å². The van der Waals surface area contributed by atoms with Crippen molar-refractivity contribution >= 4 is 23.4 Å². The third-order valence-corrected chi connectivity index (χ3v) is 11.0. The van der Waals surface area contributed by atoms with Crippen LogP contribution in [0.1, 0.15) is 70.0 Å². The normalized spacial score (nSPS) is 17.7. The van der Waals surface area contributed by atoms with Crippen molar-refractivity contribution in [1.29, 1.82) is 0 Å². The van der Waals surface area contributed by atoms with E-state index in [4.69, 9.17) is 4.98 Å². The molecular formula is C44H47N5O3. The molecule has 3 heterocycles. The lowest BCUT2D eigenvalue weighted by Crippen LogP contribution is -2.43. The molecule has 0 unspecified atom stereocenters. The Morgan fingerprint density at radius 2 is 1.25 bits per heavy atom. The van der Waals surface area contributed by atoms with Crippen molar-refractivity contribution in [2.45, 2.75) is 63.8 Å². The van der Waals surface area contributed by atoms with E-state index < -0.39 is 10.8 Å². The van der Waals surface area contributed by atoms with Crippen LogP contribution < -0.4 is 5.32 Å². The van der Waals surface area contributed by atoms with Gasteiger partial charge in [-0.2, -0.15) is 0 Å². The molecule has 2 aliphatic heterocycles. The van der Waals surface area contributed by atoms with Crippen molar-refractivity contribution in [2.24, 2.45) is 5.92 Å². The first-order chi connectivity index (χ1) is 25.0. The second-order valence-corrected chi connectivity index (χ2v) is 15.2. The second kappa shape index (κ2) is 14.3. The van der Waals surface area contributed by atoms with Gasteiger partial charge >= 0.3 is 0 Å². The number of carbonyl (C=O) groups is 3. The molecule has 0 radical (unpaired) electrons. The van der Waals surface area contributed by atoms with Crippen LogP contribution in [0.5, 0.6) is 0 Å². The van der Waals surface area contributed by atoms with Crippen LogP contribution in [0, 0.1) is 5.92 Å². The lowest BCUT2D eigenvalue weighted by molar-refractivity contribution is -0.137. The first-order valence-corrected chi connectivity index (χ1v) is 18.3. The molecule has 2 N–H and O–H groups in total. The minimum absolute atomic E-state index is 0.0490. The molecule has 3 amide bonds. The molecule has 8 nitrogen and oxygen atoms in total. The third-order valence-electron chi connectivity index (χ3n) is 11.0. The van der Waals surface area contributed by atoms with Gasteiger partial charge in [0.15, 0.2) is 0 Å². The number of nitrogens with zero attached hydrogens (tertiary/aromatic N) is 3. The van der Waals surface area contributed by atoms with Crippen LogP contribution in [0.3, 0.4) is 0 Å². The molecule has 2 saturated heterocycles. The van der Waals surface area contributed by atoms with Crippen LogP contribution >= 0.6 is 0 Å². The monoisotopic (exact) mass is 693 g/mol. The summed E-state index contributed by atoms with van der Waals surface area (Å²) in [5.41, 5.74) is 5.47. The predicted octanol–water partition coefficient (Wildman–Crippen LogP) is 8.15. The highest BCUT2D eigenvalue weighted by Crippen LogP contribution is 2.37.